The van der Waals surface area contributed by atoms with Crippen LogP contribution in [0, 0.1) is 24.3 Å². The Morgan fingerprint density at radius 1 is 0.490 bits per heavy atom. The molecule has 0 N–H and O–H groups in total. The Morgan fingerprint density at radius 3 is 1.59 bits per heavy atom. The summed E-state index contributed by atoms with van der Waals surface area (Å²) in [4.78, 5) is 27.1. The molecule has 9 aromatic rings. The summed E-state index contributed by atoms with van der Waals surface area (Å²) in [5.41, 5.74) is 5.68. The van der Waals surface area contributed by atoms with Crippen molar-refractivity contribution in [2.24, 2.45) is 0 Å². The molecule has 0 amide bonds. The average molecular weight is 933 g/mol. The molecule has 0 saturated heterocycles. The third-order valence-corrected chi connectivity index (χ3v) is 7.81. The first-order chi connectivity index (χ1) is 24.2. The fourth-order valence-corrected chi connectivity index (χ4v) is 5.61. The van der Waals surface area contributed by atoms with Crippen LogP contribution in [0.3, 0.4) is 0 Å². The molecule has 0 saturated carbocycles. The number of nitrogens with zero attached hydrogens (tertiary/aromatic N) is 7. The Labute approximate surface area is 320 Å². The maximum Gasteiger partial charge on any atom is 2.00 e. The van der Waals surface area contributed by atoms with Crippen LogP contribution < -0.4 is 9.47 Å². The van der Waals surface area contributed by atoms with Crippen molar-refractivity contribution in [3.63, 3.8) is 0 Å². The molecule has 248 valence electrons. The third kappa shape index (κ3) is 6.78. The van der Waals surface area contributed by atoms with Crippen LogP contribution in [0.5, 0.6) is 23.0 Å². The van der Waals surface area contributed by atoms with Crippen molar-refractivity contribution in [1.29, 1.82) is 0 Å². The summed E-state index contributed by atoms with van der Waals surface area (Å²) in [6.07, 6.45) is 8.37. The van der Waals surface area contributed by atoms with Gasteiger partial charge in [-0.2, -0.15) is 27.9 Å². The largest absolute Gasteiger partial charge is 2.00 e. The van der Waals surface area contributed by atoms with E-state index >= 15 is 0 Å². The van der Waals surface area contributed by atoms with E-state index in [-0.39, 0.29) is 41.5 Å². The van der Waals surface area contributed by atoms with Crippen LogP contribution in [0.15, 0.2) is 128 Å². The number of fused-ring (bicyclic) bond motifs is 4. The van der Waals surface area contributed by atoms with E-state index in [4.69, 9.17) is 14.5 Å². The van der Waals surface area contributed by atoms with E-state index in [2.05, 4.69) is 49.2 Å². The van der Waals surface area contributed by atoms with E-state index in [1.54, 1.807) is 31.0 Å². The minimum atomic E-state index is 0. The zero-order valence-electron chi connectivity index (χ0n) is 26.2. The Morgan fingerprint density at radius 2 is 1.04 bits per heavy atom. The quantitative estimate of drug-likeness (QED) is 0.116. The van der Waals surface area contributed by atoms with Crippen molar-refractivity contribution in [3.8, 4) is 51.5 Å². The van der Waals surface area contributed by atoms with E-state index in [9.17, 15) is 0 Å². The van der Waals surface area contributed by atoms with Gasteiger partial charge < -0.3 is 24.0 Å². The van der Waals surface area contributed by atoms with Crippen molar-refractivity contribution in [3.05, 3.63) is 152 Å². The van der Waals surface area contributed by atoms with Crippen LogP contribution in [0.1, 0.15) is 0 Å². The van der Waals surface area contributed by atoms with Gasteiger partial charge in [0.1, 0.15) is 5.52 Å². The zero-order chi connectivity index (χ0) is 32.6. The molecule has 9 rings (SSSR count). The minimum absolute atomic E-state index is 0. The fraction of sp³-hybridized carbons (Fsp3) is 0. The summed E-state index contributed by atoms with van der Waals surface area (Å²) in [6, 6.07) is 44.2. The Bertz CT molecular complexity index is 2500. The van der Waals surface area contributed by atoms with Gasteiger partial charge in [0.05, 0.1) is 6.20 Å². The van der Waals surface area contributed by atoms with Crippen molar-refractivity contribution in [1.82, 2.24) is 34.5 Å². The van der Waals surface area contributed by atoms with Crippen LogP contribution in [0.2, 0.25) is 0 Å². The molecule has 0 spiro atoms. The molecule has 0 atom stereocenters. The first-order valence-corrected chi connectivity index (χ1v) is 15.4. The predicted octanol–water partition coefficient (Wildman–Crippen LogP) is 8.42. The summed E-state index contributed by atoms with van der Waals surface area (Å²) in [7, 11) is 0. The van der Waals surface area contributed by atoms with Crippen LogP contribution in [-0.4, -0.2) is 34.5 Å². The van der Waals surface area contributed by atoms with Gasteiger partial charge in [0.2, 0.25) is 5.95 Å². The molecule has 51 heavy (non-hydrogen) atoms. The number of aromatic nitrogens is 7. The summed E-state index contributed by atoms with van der Waals surface area (Å²) >= 11 is 0. The SMILES string of the molecule is [Pd+2].[Pt+2].[c-]1c(Oc2[c-]c3c(cc2)c2ccc(Oc4[c-]c(-c5ccccn5)ccc4)[c-]c2n3-c2ncc3nccnc3n2)cccc1-c1ccccn1. The predicted molar refractivity (Wildman–Crippen MR) is 184 cm³/mol. The van der Waals surface area contributed by atoms with Gasteiger partial charge in [-0.3, -0.25) is 0 Å². The molecule has 9 nitrogen and oxygen atoms in total. The van der Waals surface area contributed by atoms with Crippen LogP contribution in [0.4, 0.5) is 0 Å². The summed E-state index contributed by atoms with van der Waals surface area (Å²) < 4.78 is 14.5. The second-order valence-corrected chi connectivity index (χ2v) is 10.9. The molecule has 0 aliphatic rings. The van der Waals surface area contributed by atoms with E-state index < -0.39 is 0 Å². The maximum atomic E-state index is 6.30. The van der Waals surface area contributed by atoms with Crippen LogP contribution >= 0.6 is 0 Å². The van der Waals surface area contributed by atoms with E-state index in [0.717, 1.165) is 33.3 Å². The van der Waals surface area contributed by atoms with Gasteiger partial charge in [0.25, 0.3) is 0 Å². The molecule has 4 aromatic carbocycles. The monoisotopic (exact) mass is 932 g/mol. The first-order valence-electron chi connectivity index (χ1n) is 15.4. The smallest absolute Gasteiger partial charge is 0.503 e. The standard InChI is InChI=1S/C40H21N7O2.Pd.Pt/c1-3-17-41-34(11-1)26-7-5-9-28(21-26)48-30-13-15-32-33-16-14-31(49-29-10-6-8-27(22-29)35-12-2-4-18-42-35)24-38(33)47(37(32)23-30)40-45-25-36-39(46-40)44-20-19-43-36;;/h1-20,25H;;/q-4;2*+2. The second-order valence-electron chi connectivity index (χ2n) is 10.9. The topological polar surface area (TPSA) is 101 Å². The van der Waals surface area contributed by atoms with Gasteiger partial charge in [-0.05, 0) is 23.5 Å². The van der Waals surface area contributed by atoms with Gasteiger partial charge in [0.15, 0.2) is 5.65 Å². The number of hydrogen-bond donors (Lipinski definition) is 0. The minimum Gasteiger partial charge on any atom is -0.503 e. The maximum absolute atomic E-state index is 6.30. The molecular formula is C40H21N7O2PdPt. The molecule has 0 fully saturated rings. The Balaban J connectivity index is 0.00000203. The molecule has 0 unspecified atom stereocenters. The summed E-state index contributed by atoms with van der Waals surface area (Å²) in [6.45, 7) is 0. The van der Waals surface area contributed by atoms with Gasteiger partial charge in [0, 0.05) is 47.8 Å². The number of rotatable bonds is 7. The van der Waals surface area contributed by atoms with Crippen molar-refractivity contribution in [2.45, 2.75) is 0 Å². The van der Waals surface area contributed by atoms with Crippen molar-refractivity contribution >= 4 is 33.0 Å². The van der Waals surface area contributed by atoms with Crippen molar-refractivity contribution < 1.29 is 51.0 Å². The first kappa shape index (κ1) is 33.8. The number of ether oxygens (including phenoxy) is 2. The summed E-state index contributed by atoms with van der Waals surface area (Å²) in [5, 5.41) is 1.81. The fourth-order valence-electron chi connectivity index (χ4n) is 5.61. The zero-order valence-corrected chi connectivity index (χ0v) is 30.0. The second kappa shape index (κ2) is 14.7. The number of pyridine rings is 2. The summed E-state index contributed by atoms with van der Waals surface area (Å²) in [5.74, 6) is 2.42. The normalized spacial score (nSPS) is 10.8. The number of benzene rings is 4. The van der Waals surface area contributed by atoms with E-state index in [0.29, 0.717) is 51.1 Å². The van der Waals surface area contributed by atoms with E-state index in [1.807, 2.05) is 102 Å². The Hall–Kier alpha value is -5.65. The molecule has 0 aliphatic heterocycles. The van der Waals surface area contributed by atoms with Gasteiger partial charge in [-0.1, -0.05) is 47.4 Å². The number of hydrogen-bond acceptors (Lipinski definition) is 8. The van der Waals surface area contributed by atoms with Crippen molar-refractivity contribution in [2.75, 3.05) is 0 Å². The van der Waals surface area contributed by atoms with E-state index in [1.165, 1.54) is 0 Å². The van der Waals surface area contributed by atoms with Gasteiger partial charge in [-0.25, -0.2) is 15.0 Å². The van der Waals surface area contributed by atoms with Gasteiger partial charge >= 0.3 is 41.5 Å². The van der Waals surface area contributed by atoms with Gasteiger partial charge in [-0.15, -0.1) is 71.8 Å². The van der Waals surface area contributed by atoms with Crippen LogP contribution in [-0.2, 0) is 41.5 Å². The molecule has 0 radical (unpaired) electrons. The molecule has 0 bridgehead atoms. The average Bonchev–Trinajstić information content (AvgIpc) is 3.48. The molecule has 0 aliphatic carbocycles. The molecular weight excluding hydrogens is 912 g/mol. The Kier molecular flexibility index (Phi) is 9.74. The molecule has 5 heterocycles. The third-order valence-electron chi connectivity index (χ3n) is 7.81. The molecule has 5 aromatic heterocycles. The molecule has 11 heteroatoms. The van der Waals surface area contributed by atoms with Crippen LogP contribution in [0.25, 0.3) is 61.4 Å².